The fourth-order valence-electron chi connectivity index (χ4n) is 4.31. The van der Waals surface area contributed by atoms with Gasteiger partial charge in [-0.2, -0.15) is 0 Å². The summed E-state index contributed by atoms with van der Waals surface area (Å²) in [4.78, 5) is 21.4. The molecule has 2 fully saturated rings. The molecule has 1 atom stereocenters. The van der Waals surface area contributed by atoms with Crippen molar-refractivity contribution in [1.29, 1.82) is 0 Å². The van der Waals surface area contributed by atoms with Gasteiger partial charge in [0.1, 0.15) is 5.65 Å². The first-order chi connectivity index (χ1) is 12.8. The van der Waals surface area contributed by atoms with Gasteiger partial charge in [0.25, 0.3) is 0 Å². The van der Waals surface area contributed by atoms with E-state index in [9.17, 15) is 4.79 Å². The van der Waals surface area contributed by atoms with Gasteiger partial charge in [-0.1, -0.05) is 36.4 Å². The second kappa shape index (κ2) is 6.25. The van der Waals surface area contributed by atoms with E-state index in [-0.39, 0.29) is 0 Å². The standard InChI is InChI=1S/C21H22N4O/c26-20-10-9-17-14-23(12-13-24(17)20)15-18-21(16-6-2-1-3-7-16)22-19-8-4-5-11-25(18)19/h1-8,11,17H,9-10,12-15H2/t17-/m0/s1. The van der Waals surface area contributed by atoms with Crippen LogP contribution >= 0.6 is 0 Å². The number of nitrogens with zero attached hydrogens (tertiary/aromatic N) is 4. The van der Waals surface area contributed by atoms with E-state index in [1.807, 2.05) is 12.1 Å². The van der Waals surface area contributed by atoms with Crippen LogP contribution in [0.5, 0.6) is 0 Å². The van der Waals surface area contributed by atoms with Crippen molar-refractivity contribution in [1.82, 2.24) is 19.2 Å². The highest BCUT2D eigenvalue weighted by molar-refractivity contribution is 5.79. The number of fused-ring (bicyclic) bond motifs is 2. The van der Waals surface area contributed by atoms with E-state index < -0.39 is 0 Å². The van der Waals surface area contributed by atoms with Crippen molar-refractivity contribution < 1.29 is 4.79 Å². The molecule has 0 spiro atoms. The minimum absolute atomic E-state index is 0.328. The van der Waals surface area contributed by atoms with E-state index in [1.165, 1.54) is 5.69 Å². The maximum atomic E-state index is 11.9. The van der Waals surface area contributed by atoms with Gasteiger partial charge < -0.3 is 9.30 Å². The predicted octanol–water partition coefficient (Wildman–Crippen LogP) is 2.81. The average molecular weight is 346 g/mol. The molecule has 5 rings (SSSR count). The number of rotatable bonds is 3. The Morgan fingerprint density at radius 1 is 1.04 bits per heavy atom. The maximum absolute atomic E-state index is 11.9. The predicted molar refractivity (Wildman–Crippen MR) is 101 cm³/mol. The molecule has 2 saturated heterocycles. The third-order valence-corrected chi connectivity index (χ3v) is 5.63. The van der Waals surface area contributed by atoms with Crippen molar-refractivity contribution >= 4 is 11.6 Å². The molecule has 0 bridgehead atoms. The van der Waals surface area contributed by atoms with E-state index in [4.69, 9.17) is 4.98 Å². The second-order valence-corrected chi connectivity index (χ2v) is 7.22. The van der Waals surface area contributed by atoms with E-state index in [0.717, 1.165) is 49.5 Å². The summed E-state index contributed by atoms with van der Waals surface area (Å²) in [6, 6.07) is 16.9. The summed E-state index contributed by atoms with van der Waals surface area (Å²) in [5.41, 5.74) is 4.42. The summed E-state index contributed by atoms with van der Waals surface area (Å²) in [6.07, 6.45) is 3.80. The van der Waals surface area contributed by atoms with Gasteiger partial charge >= 0.3 is 0 Å². The first-order valence-corrected chi connectivity index (χ1v) is 9.33. The molecule has 2 aliphatic rings. The van der Waals surface area contributed by atoms with Gasteiger partial charge in [0, 0.05) is 50.4 Å². The Kier molecular flexibility index (Phi) is 3.75. The zero-order valence-corrected chi connectivity index (χ0v) is 14.7. The number of hydrogen-bond acceptors (Lipinski definition) is 3. The molecule has 0 unspecified atom stereocenters. The molecule has 5 nitrogen and oxygen atoms in total. The SMILES string of the molecule is O=C1CC[C@H]2CN(Cc3c(-c4ccccc4)nc4ccccn34)CCN12. The van der Waals surface area contributed by atoms with Crippen LogP contribution in [0, 0.1) is 0 Å². The molecule has 2 aromatic heterocycles. The third kappa shape index (κ3) is 2.59. The lowest BCUT2D eigenvalue weighted by atomic mass is 10.1. The Balaban J connectivity index is 1.49. The zero-order chi connectivity index (χ0) is 17.5. The maximum Gasteiger partial charge on any atom is 0.222 e. The van der Waals surface area contributed by atoms with Crippen LogP contribution in [0.3, 0.4) is 0 Å². The molecule has 132 valence electrons. The lowest BCUT2D eigenvalue weighted by Crippen LogP contribution is -2.51. The number of carbonyl (C=O) groups is 1. The van der Waals surface area contributed by atoms with Crippen LogP contribution in [0.15, 0.2) is 54.7 Å². The molecule has 26 heavy (non-hydrogen) atoms. The van der Waals surface area contributed by atoms with Crippen molar-refractivity contribution in [3.05, 3.63) is 60.4 Å². The summed E-state index contributed by atoms with van der Waals surface area (Å²) in [7, 11) is 0. The lowest BCUT2D eigenvalue weighted by molar-refractivity contribution is -0.130. The summed E-state index contributed by atoms with van der Waals surface area (Å²) >= 11 is 0. The molecule has 0 aliphatic carbocycles. The first-order valence-electron chi connectivity index (χ1n) is 9.33. The molecule has 5 heteroatoms. The molecule has 2 aliphatic heterocycles. The largest absolute Gasteiger partial charge is 0.337 e. The van der Waals surface area contributed by atoms with Gasteiger partial charge in [-0.3, -0.25) is 9.69 Å². The quantitative estimate of drug-likeness (QED) is 0.732. The van der Waals surface area contributed by atoms with Crippen LogP contribution in [-0.4, -0.2) is 50.8 Å². The number of benzene rings is 1. The van der Waals surface area contributed by atoms with Gasteiger partial charge in [-0.15, -0.1) is 0 Å². The lowest BCUT2D eigenvalue weighted by Gasteiger charge is -2.37. The second-order valence-electron chi connectivity index (χ2n) is 7.22. The molecule has 1 aromatic carbocycles. The Morgan fingerprint density at radius 2 is 1.88 bits per heavy atom. The minimum atomic E-state index is 0.328. The minimum Gasteiger partial charge on any atom is -0.337 e. The number of imidazole rings is 1. The number of aromatic nitrogens is 2. The molecular formula is C21H22N4O. The van der Waals surface area contributed by atoms with Gasteiger partial charge in [0.15, 0.2) is 0 Å². The monoisotopic (exact) mass is 346 g/mol. The Bertz CT molecular complexity index is 949. The van der Waals surface area contributed by atoms with E-state index >= 15 is 0 Å². The normalized spacial score (nSPS) is 20.7. The summed E-state index contributed by atoms with van der Waals surface area (Å²) in [5, 5.41) is 0. The van der Waals surface area contributed by atoms with Gasteiger partial charge in [0.05, 0.1) is 11.4 Å². The fourth-order valence-corrected chi connectivity index (χ4v) is 4.31. The highest BCUT2D eigenvalue weighted by Gasteiger charge is 2.35. The van der Waals surface area contributed by atoms with Crippen LogP contribution in [0.4, 0.5) is 0 Å². The third-order valence-electron chi connectivity index (χ3n) is 5.63. The van der Waals surface area contributed by atoms with E-state index in [0.29, 0.717) is 18.4 Å². The number of carbonyl (C=O) groups excluding carboxylic acids is 1. The summed E-state index contributed by atoms with van der Waals surface area (Å²) in [5.74, 6) is 0.328. The molecule has 0 saturated carbocycles. The fraction of sp³-hybridized carbons (Fsp3) is 0.333. The smallest absolute Gasteiger partial charge is 0.222 e. The Labute approximate surface area is 152 Å². The summed E-state index contributed by atoms with van der Waals surface area (Å²) in [6.45, 7) is 3.59. The van der Waals surface area contributed by atoms with Crippen molar-refractivity contribution in [2.24, 2.45) is 0 Å². The number of pyridine rings is 1. The zero-order valence-electron chi connectivity index (χ0n) is 14.7. The average Bonchev–Trinajstić information content (AvgIpc) is 3.24. The van der Waals surface area contributed by atoms with Gasteiger partial charge in [0.2, 0.25) is 5.91 Å². The Hall–Kier alpha value is -2.66. The van der Waals surface area contributed by atoms with Crippen molar-refractivity contribution in [3.8, 4) is 11.3 Å². The van der Waals surface area contributed by atoms with Gasteiger partial charge in [-0.05, 0) is 18.6 Å². The van der Waals surface area contributed by atoms with Crippen LogP contribution in [-0.2, 0) is 11.3 Å². The van der Waals surface area contributed by atoms with E-state index in [1.54, 1.807) is 0 Å². The van der Waals surface area contributed by atoms with Crippen LogP contribution in [0.2, 0.25) is 0 Å². The van der Waals surface area contributed by atoms with Crippen molar-refractivity contribution in [2.45, 2.75) is 25.4 Å². The Morgan fingerprint density at radius 3 is 2.77 bits per heavy atom. The molecule has 4 heterocycles. The van der Waals surface area contributed by atoms with Gasteiger partial charge in [-0.25, -0.2) is 4.98 Å². The number of amides is 1. The molecule has 0 N–H and O–H groups in total. The van der Waals surface area contributed by atoms with Crippen molar-refractivity contribution in [2.75, 3.05) is 19.6 Å². The summed E-state index contributed by atoms with van der Waals surface area (Å²) < 4.78 is 2.20. The molecule has 0 radical (unpaired) electrons. The first kappa shape index (κ1) is 15.6. The molecular weight excluding hydrogens is 324 g/mol. The van der Waals surface area contributed by atoms with E-state index in [2.05, 4.69) is 56.8 Å². The topological polar surface area (TPSA) is 40.9 Å². The molecule has 1 amide bonds. The van der Waals surface area contributed by atoms with Crippen LogP contribution in [0.25, 0.3) is 16.9 Å². The number of hydrogen-bond donors (Lipinski definition) is 0. The highest BCUT2D eigenvalue weighted by Crippen LogP contribution is 2.28. The molecule has 3 aromatic rings. The van der Waals surface area contributed by atoms with Crippen LogP contribution in [0.1, 0.15) is 18.5 Å². The number of piperazine rings is 1. The van der Waals surface area contributed by atoms with Crippen molar-refractivity contribution in [3.63, 3.8) is 0 Å². The van der Waals surface area contributed by atoms with Crippen LogP contribution < -0.4 is 0 Å². The highest BCUT2D eigenvalue weighted by atomic mass is 16.2.